The van der Waals surface area contributed by atoms with E-state index in [2.05, 4.69) is 60.3 Å². The number of hydrogen-bond donors (Lipinski definition) is 1. The minimum atomic E-state index is -0.222. The van der Waals surface area contributed by atoms with Gasteiger partial charge in [0.1, 0.15) is 6.17 Å². The number of nitrogens with two attached hydrogens (primary N) is 1. The highest BCUT2D eigenvalue weighted by molar-refractivity contribution is 6.16. The average molecular weight is 308 g/mol. The molecule has 4 heteroatoms. The van der Waals surface area contributed by atoms with Crippen molar-refractivity contribution in [2.45, 2.75) is 6.17 Å². The summed E-state index contributed by atoms with van der Waals surface area (Å²) in [6.07, 6.45) is -0.222. The van der Waals surface area contributed by atoms with Crippen molar-refractivity contribution < 1.29 is 0 Å². The number of benzene rings is 2. The Hall–Kier alpha value is -2.17. The third-order valence-corrected chi connectivity index (χ3v) is 4.07. The van der Waals surface area contributed by atoms with E-state index in [0.717, 1.165) is 36.5 Å². The number of benzodiazepines with no additional fused rings is 1. The molecule has 2 N–H and O–H groups in total. The van der Waals surface area contributed by atoms with Gasteiger partial charge in [0.15, 0.2) is 0 Å². The zero-order chi connectivity index (χ0) is 16.2. The highest BCUT2D eigenvalue weighted by Gasteiger charge is 2.22. The Morgan fingerprint density at radius 3 is 2.52 bits per heavy atom. The number of nitrogens with zero attached hydrogens (tertiary/aromatic N) is 3. The Morgan fingerprint density at radius 1 is 1.09 bits per heavy atom. The van der Waals surface area contributed by atoms with Crippen LogP contribution >= 0.6 is 0 Å². The smallest absolute Gasteiger partial charge is 0.115 e. The van der Waals surface area contributed by atoms with Crippen molar-refractivity contribution in [2.75, 3.05) is 38.6 Å². The van der Waals surface area contributed by atoms with Gasteiger partial charge in [-0.3, -0.25) is 4.99 Å². The van der Waals surface area contributed by atoms with E-state index in [1.807, 2.05) is 18.2 Å². The zero-order valence-corrected chi connectivity index (χ0v) is 13.8. The number of para-hydroxylation sites is 1. The molecule has 23 heavy (non-hydrogen) atoms. The fourth-order valence-electron chi connectivity index (χ4n) is 2.91. The van der Waals surface area contributed by atoms with E-state index in [9.17, 15) is 0 Å². The van der Waals surface area contributed by atoms with E-state index in [4.69, 9.17) is 10.7 Å². The maximum absolute atomic E-state index is 6.30. The molecule has 1 unspecified atom stereocenters. The van der Waals surface area contributed by atoms with Gasteiger partial charge in [0.2, 0.25) is 0 Å². The van der Waals surface area contributed by atoms with Crippen molar-refractivity contribution in [2.24, 2.45) is 10.7 Å². The minimum absolute atomic E-state index is 0.222. The van der Waals surface area contributed by atoms with Gasteiger partial charge in [-0.05, 0) is 20.2 Å². The first-order valence-electron chi connectivity index (χ1n) is 8.03. The van der Waals surface area contributed by atoms with Crippen LogP contribution in [0.15, 0.2) is 59.6 Å². The molecule has 0 radical (unpaired) electrons. The predicted molar refractivity (Wildman–Crippen MR) is 97.3 cm³/mol. The summed E-state index contributed by atoms with van der Waals surface area (Å²) < 4.78 is 0. The van der Waals surface area contributed by atoms with Gasteiger partial charge in [0, 0.05) is 29.9 Å². The fraction of sp³-hybridized carbons (Fsp3) is 0.316. The summed E-state index contributed by atoms with van der Waals surface area (Å²) in [5, 5.41) is 0. The number of fused-ring (bicyclic) bond motifs is 1. The lowest BCUT2D eigenvalue weighted by Crippen LogP contribution is -2.39. The van der Waals surface area contributed by atoms with Crippen LogP contribution in [-0.4, -0.2) is 50.5 Å². The topological polar surface area (TPSA) is 44.9 Å². The molecule has 0 aliphatic carbocycles. The zero-order valence-electron chi connectivity index (χ0n) is 13.8. The fourth-order valence-corrected chi connectivity index (χ4v) is 2.91. The molecule has 0 saturated carbocycles. The highest BCUT2D eigenvalue weighted by Crippen LogP contribution is 2.26. The van der Waals surface area contributed by atoms with E-state index in [0.29, 0.717) is 0 Å². The number of hydrogen-bond acceptors (Lipinski definition) is 4. The number of aliphatic imine (C=N–C) groups is 1. The van der Waals surface area contributed by atoms with Crippen molar-refractivity contribution in [3.05, 3.63) is 65.7 Å². The first-order chi connectivity index (χ1) is 11.1. The second-order valence-electron chi connectivity index (χ2n) is 6.18. The largest absolute Gasteiger partial charge is 0.366 e. The summed E-state index contributed by atoms with van der Waals surface area (Å²) in [4.78, 5) is 9.34. The van der Waals surface area contributed by atoms with Gasteiger partial charge < -0.3 is 15.5 Å². The third-order valence-electron chi connectivity index (χ3n) is 4.07. The summed E-state index contributed by atoms with van der Waals surface area (Å²) in [6, 6.07) is 18.8. The van der Waals surface area contributed by atoms with Crippen LogP contribution in [0, 0.1) is 0 Å². The molecule has 0 saturated heterocycles. The van der Waals surface area contributed by atoms with E-state index in [1.54, 1.807) is 0 Å². The van der Waals surface area contributed by atoms with Crippen molar-refractivity contribution >= 4 is 11.4 Å². The van der Waals surface area contributed by atoms with Gasteiger partial charge >= 0.3 is 0 Å². The van der Waals surface area contributed by atoms with Crippen LogP contribution in [0.4, 0.5) is 5.69 Å². The molecule has 0 fully saturated rings. The molecule has 2 aromatic rings. The molecule has 0 bridgehead atoms. The van der Waals surface area contributed by atoms with Crippen LogP contribution in [0.5, 0.6) is 0 Å². The quantitative estimate of drug-likeness (QED) is 0.942. The molecule has 1 atom stereocenters. The van der Waals surface area contributed by atoms with Gasteiger partial charge in [0.05, 0.1) is 12.3 Å². The van der Waals surface area contributed by atoms with Crippen LogP contribution in [0.25, 0.3) is 0 Å². The molecule has 0 amide bonds. The maximum Gasteiger partial charge on any atom is 0.115 e. The monoisotopic (exact) mass is 308 g/mol. The highest BCUT2D eigenvalue weighted by atomic mass is 15.2. The number of rotatable bonds is 4. The lowest BCUT2D eigenvalue weighted by atomic mass is 10.0. The standard InChI is InChI=1S/C19H24N4/c1-22(2)12-13-23-14-18(20)21-19(15-8-4-3-5-9-15)16-10-6-7-11-17(16)23/h3-11,18H,12-14,20H2,1-2H3. The summed E-state index contributed by atoms with van der Waals surface area (Å²) in [5.41, 5.74) is 10.8. The van der Waals surface area contributed by atoms with Crippen LogP contribution in [0.1, 0.15) is 11.1 Å². The molecule has 1 aliphatic rings. The molecular weight excluding hydrogens is 284 g/mol. The normalized spacial score (nSPS) is 17.7. The Labute approximate surface area is 138 Å². The second kappa shape index (κ2) is 6.94. The van der Waals surface area contributed by atoms with E-state index >= 15 is 0 Å². The summed E-state index contributed by atoms with van der Waals surface area (Å²) in [6.45, 7) is 2.66. The predicted octanol–water partition coefficient (Wildman–Crippen LogP) is 2.19. The second-order valence-corrected chi connectivity index (χ2v) is 6.18. The third kappa shape index (κ3) is 3.60. The van der Waals surface area contributed by atoms with Crippen molar-refractivity contribution in [3.63, 3.8) is 0 Å². The molecule has 1 heterocycles. The minimum Gasteiger partial charge on any atom is -0.366 e. The van der Waals surface area contributed by atoms with Crippen LogP contribution in [0.2, 0.25) is 0 Å². The Bertz CT molecular complexity index is 679. The first-order valence-corrected chi connectivity index (χ1v) is 8.03. The van der Waals surface area contributed by atoms with Crippen molar-refractivity contribution in [1.29, 1.82) is 0 Å². The van der Waals surface area contributed by atoms with E-state index in [1.165, 1.54) is 5.69 Å². The van der Waals surface area contributed by atoms with Crippen LogP contribution < -0.4 is 10.6 Å². The lowest BCUT2D eigenvalue weighted by Gasteiger charge is -2.27. The molecule has 0 spiro atoms. The molecule has 3 rings (SSSR count). The average Bonchev–Trinajstić information content (AvgIpc) is 2.71. The molecule has 120 valence electrons. The molecule has 0 aromatic heterocycles. The maximum atomic E-state index is 6.30. The SMILES string of the molecule is CN(C)CCN1CC(N)N=C(c2ccccc2)c2ccccc21. The van der Waals surface area contributed by atoms with Crippen molar-refractivity contribution in [1.82, 2.24) is 4.90 Å². The summed E-state index contributed by atoms with van der Waals surface area (Å²) in [5.74, 6) is 0. The molecule has 2 aromatic carbocycles. The van der Waals surface area contributed by atoms with Crippen LogP contribution in [-0.2, 0) is 0 Å². The van der Waals surface area contributed by atoms with Gasteiger partial charge in [-0.1, -0.05) is 48.5 Å². The Balaban J connectivity index is 2.02. The first kappa shape index (κ1) is 15.7. The Morgan fingerprint density at radius 2 is 1.78 bits per heavy atom. The summed E-state index contributed by atoms with van der Waals surface area (Å²) >= 11 is 0. The van der Waals surface area contributed by atoms with Gasteiger partial charge in [-0.2, -0.15) is 0 Å². The molecule has 4 nitrogen and oxygen atoms in total. The Kier molecular flexibility index (Phi) is 4.74. The number of likely N-dealkylation sites (N-methyl/N-ethyl adjacent to an activating group) is 1. The number of anilines is 1. The van der Waals surface area contributed by atoms with E-state index < -0.39 is 0 Å². The van der Waals surface area contributed by atoms with Gasteiger partial charge in [-0.25, -0.2) is 0 Å². The van der Waals surface area contributed by atoms with Gasteiger partial charge in [0.25, 0.3) is 0 Å². The van der Waals surface area contributed by atoms with Gasteiger partial charge in [-0.15, -0.1) is 0 Å². The van der Waals surface area contributed by atoms with Crippen LogP contribution in [0.3, 0.4) is 0 Å². The van der Waals surface area contributed by atoms with E-state index in [-0.39, 0.29) is 6.17 Å². The molecular formula is C19H24N4. The summed E-state index contributed by atoms with van der Waals surface area (Å²) in [7, 11) is 4.19. The van der Waals surface area contributed by atoms with Crippen molar-refractivity contribution in [3.8, 4) is 0 Å². The molecule has 1 aliphatic heterocycles. The lowest BCUT2D eigenvalue weighted by molar-refractivity contribution is 0.411.